The Labute approximate surface area is 189 Å². The van der Waals surface area contributed by atoms with E-state index in [4.69, 9.17) is 18.2 Å². The van der Waals surface area contributed by atoms with Gasteiger partial charge in [0.05, 0.1) is 0 Å². The van der Waals surface area contributed by atoms with Gasteiger partial charge in [-0.2, -0.15) is 0 Å². The number of hydrogen-bond acceptors (Lipinski definition) is 6. The molecule has 0 aliphatic carbocycles. The molecular formula is C27H17N3O3. The van der Waals surface area contributed by atoms with Gasteiger partial charge in [0.25, 0.3) is 0 Å². The highest BCUT2D eigenvalue weighted by Crippen LogP contribution is 2.36. The van der Waals surface area contributed by atoms with Crippen LogP contribution in [-0.4, -0.2) is 15.0 Å². The fourth-order valence-corrected chi connectivity index (χ4v) is 3.57. The third-order valence-electron chi connectivity index (χ3n) is 5.17. The van der Waals surface area contributed by atoms with E-state index in [9.17, 15) is 0 Å². The van der Waals surface area contributed by atoms with Gasteiger partial charge in [-0.3, -0.25) is 0 Å². The average Bonchev–Trinajstić information content (AvgIpc) is 3.65. The van der Waals surface area contributed by atoms with Gasteiger partial charge >= 0.3 is 0 Å². The van der Waals surface area contributed by atoms with Crippen molar-refractivity contribution in [2.45, 2.75) is 0 Å². The van der Waals surface area contributed by atoms with Crippen LogP contribution in [0.4, 0.5) is 0 Å². The third-order valence-corrected chi connectivity index (χ3v) is 5.17. The van der Waals surface area contributed by atoms with Gasteiger partial charge in [-0.15, -0.1) is 0 Å². The van der Waals surface area contributed by atoms with E-state index in [1.165, 1.54) is 0 Å². The minimum Gasteiger partial charge on any atom is -0.444 e. The zero-order chi connectivity index (χ0) is 22.0. The molecular weight excluding hydrogens is 414 g/mol. The van der Waals surface area contributed by atoms with E-state index in [-0.39, 0.29) is 0 Å². The van der Waals surface area contributed by atoms with Crippen molar-refractivity contribution in [1.29, 1.82) is 0 Å². The predicted molar refractivity (Wildman–Crippen MR) is 124 cm³/mol. The van der Waals surface area contributed by atoms with E-state index >= 15 is 0 Å². The summed E-state index contributed by atoms with van der Waals surface area (Å²) in [6.45, 7) is 0. The first-order valence-corrected chi connectivity index (χ1v) is 10.4. The Morgan fingerprint density at radius 2 is 0.939 bits per heavy atom. The van der Waals surface area contributed by atoms with Crippen LogP contribution in [0.1, 0.15) is 0 Å². The third kappa shape index (κ3) is 3.64. The number of oxazole rings is 3. The smallest absolute Gasteiger partial charge is 0.249 e. The lowest BCUT2D eigenvalue weighted by Crippen LogP contribution is -1.84. The largest absolute Gasteiger partial charge is 0.444 e. The minimum atomic E-state index is 0.346. The fraction of sp³-hybridized carbons (Fsp3) is 0. The lowest BCUT2D eigenvalue weighted by Gasteiger charge is -1.97. The van der Waals surface area contributed by atoms with Crippen molar-refractivity contribution in [3.05, 3.63) is 104 Å². The molecule has 6 heteroatoms. The van der Waals surface area contributed by atoms with Crippen molar-refractivity contribution in [2.75, 3.05) is 0 Å². The van der Waals surface area contributed by atoms with Crippen molar-refractivity contribution in [2.24, 2.45) is 0 Å². The van der Waals surface area contributed by atoms with Gasteiger partial charge in [-0.1, -0.05) is 66.7 Å². The Morgan fingerprint density at radius 1 is 0.455 bits per heavy atom. The van der Waals surface area contributed by atoms with Crippen LogP contribution in [0.15, 0.2) is 117 Å². The lowest BCUT2D eigenvalue weighted by molar-refractivity contribution is 0.569. The van der Waals surface area contributed by atoms with Crippen LogP contribution < -0.4 is 0 Å². The summed E-state index contributed by atoms with van der Waals surface area (Å²) in [7, 11) is 0. The molecule has 0 amide bonds. The van der Waals surface area contributed by atoms with Gasteiger partial charge in [-0.05, 0) is 24.3 Å². The number of hydrogen-bond donors (Lipinski definition) is 0. The zero-order valence-corrected chi connectivity index (χ0v) is 17.4. The summed E-state index contributed by atoms with van der Waals surface area (Å²) in [6.07, 6.45) is 3.14. The van der Waals surface area contributed by atoms with Crippen LogP contribution in [-0.2, 0) is 0 Å². The summed E-state index contributed by atoms with van der Waals surface area (Å²) in [5.41, 5.74) is 4.30. The lowest BCUT2D eigenvalue weighted by atomic mass is 10.1. The van der Waals surface area contributed by atoms with Crippen molar-refractivity contribution >= 4 is 0 Å². The van der Waals surface area contributed by atoms with Crippen LogP contribution in [0.25, 0.3) is 57.2 Å². The summed E-state index contributed by atoms with van der Waals surface area (Å²) in [6, 6.07) is 29.2. The quantitative estimate of drug-likeness (QED) is 0.293. The zero-order valence-electron chi connectivity index (χ0n) is 17.4. The molecule has 3 aromatic heterocycles. The minimum absolute atomic E-state index is 0.346. The van der Waals surface area contributed by atoms with E-state index in [1.807, 2.05) is 91.0 Å². The average molecular weight is 431 g/mol. The van der Waals surface area contributed by atoms with E-state index in [1.54, 1.807) is 12.5 Å². The predicted octanol–water partition coefficient (Wildman–Crippen LogP) is 6.99. The molecule has 0 fully saturated rings. The Balaban J connectivity index is 1.44. The van der Waals surface area contributed by atoms with Gasteiger partial charge in [0.15, 0.2) is 11.5 Å². The molecule has 0 N–H and O–H groups in total. The Hall–Kier alpha value is -4.71. The molecule has 0 saturated carbocycles. The maximum Gasteiger partial charge on any atom is 0.249 e. The molecule has 158 valence electrons. The fourth-order valence-electron chi connectivity index (χ4n) is 3.57. The molecule has 0 saturated heterocycles. The van der Waals surface area contributed by atoms with Crippen molar-refractivity contribution in [3.8, 4) is 57.2 Å². The normalized spacial score (nSPS) is 11.0. The molecule has 0 atom stereocenters. The molecule has 0 spiro atoms. The molecule has 0 bridgehead atoms. The number of aromatic nitrogens is 3. The van der Waals surface area contributed by atoms with E-state index in [2.05, 4.69) is 9.97 Å². The molecule has 0 unspecified atom stereocenters. The van der Waals surface area contributed by atoms with Crippen LogP contribution >= 0.6 is 0 Å². The summed E-state index contributed by atoms with van der Waals surface area (Å²) >= 11 is 0. The molecule has 0 radical (unpaired) electrons. The highest BCUT2D eigenvalue weighted by molar-refractivity contribution is 5.77. The van der Waals surface area contributed by atoms with E-state index in [0.29, 0.717) is 40.5 Å². The second kappa shape index (κ2) is 8.09. The van der Waals surface area contributed by atoms with Crippen LogP contribution in [0, 0.1) is 0 Å². The van der Waals surface area contributed by atoms with Gasteiger partial charge < -0.3 is 13.3 Å². The molecule has 0 aliphatic heterocycles. The van der Waals surface area contributed by atoms with Crippen LogP contribution in [0.3, 0.4) is 0 Å². The second-order valence-electron chi connectivity index (χ2n) is 7.37. The van der Waals surface area contributed by atoms with Gasteiger partial charge in [0.1, 0.15) is 23.9 Å². The van der Waals surface area contributed by atoms with Crippen molar-refractivity contribution in [1.82, 2.24) is 15.0 Å². The van der Waals surface area contributed by atoms with Gasteiger partial charge in [0.2, 0.25) is 17.7 Å². The summed E-state index contributed by atoms with van der Waals surface area (Å²) in [5, 5.41) is 0. The molecule has 3 aromatic carbocycles. The summed E-state index contributed by atoms with van der Waals surface area (Å²) in [5.74, 6) is 1.95. The second-order valence-corrected chi connectivity index (χ2v) is 7.37. The summed E-state index contributed by atoms with van der Waals surface area (Å²) in [4.78, 5) is 14.0. The topological polar surface area (TPSA) is 78.1 Å². The molecule has 6 rings (SSSR count). The van der Waals surface area contributed by atoms with Gasteiger partial charge in [0, 0.05) is 16.7 Å². The maximum atomic E-state index is 6.19. The first-order valence-electron chi connectivity index (χ1n) is 10.4. The Morgan fingerprint density at radius 3 is 1.52 bits per heavy atom. The van der Waals surface area contributed by atoms with E-state index in [0.717, 1.165) is 16.7 Å². The first kappa shape index (κ1) is 19.0. The molecule has 0 aliphatic rings. The Bertz CT molecular complexity index is 1500. The number of rotatable bonds is 5. The number of nitrogens with zero attached hydrogens (tertiary/aromatic N) is 3. The van der Waals surface area contributed by atoms with Crippen LogP contribution in [0.2, 0.25) is 0 Å². The highest BCUT2D eigenvalue weighted by atomic mass is 16.4. The van der Waals surface area contributed by atoms with E-state index < -0.39 is 0 Å². The van der Waals surface area contributed by atoms with Crippen molar-refractivity contribution in [3.63, 3.8) is 0 Å². The SMILES string of the molecule is c1ccc(-c2nc(-c3nc(-c4coc(-c5ccccc5)n4)c(-c4ccccc4)o3)co2)cc1. The summed E-state index contributed by atoms with van der Waals surface area (Å²) < 4.78 is 17.6. The Kier molecular flexibility index (Phi) is 4.66. The van der Waals surface area contributed by atoms with Crippen molar-refractivity contribution < 1.29 is 13.3 Å². The number of benzene rings is 3. The highest BCUT2D eigenvalue weighted by Gasteiger charge is 2.23. The maximum absolute atomic E-state index is 6.19. The molecule has 33 heavy (non-hydrogen) atoms. The van der Waals surface area contributed by atoms with Crippen LogP contribution in [0.5, 0.6) is 0 Å². The monoisotopic (exact) mass is 431 g/mol. The molecule has 3 heterocycles. The van der Waals surface area contributed by atoms with Gasteiger partial charge in [-0.25, -0.2) is 15.0 Å². The standard InChI is InChI=1S/C27H17N3O3/c1-4-10-18(11-5-1)24-23(21-16-31-25(28-21)19-12-6-2-7-13-19)30-27(33-24)22-17-32-26(29-22)20-14-8-3-9-15-20/h1-17H. The first-order chi connectivity index (χ1) is 16.3. The molecule has 6 nitrogen and oxygen atoms in total. The molecule has 6 aromatic rings.